The Morgan fingerprint density at radius 1 is 1.09 bits per heavy atom. The summed E-state index contributed by atoms with van der Waals surface area (Å²) in [5.41, 5.74) is 3.50. The van der Waals surface area contributed by atoms with Crippen LogP contribution >= 0.6 is 0 Å². The number of methoxy groups -OCH3 is 1. The minimum absolute atomic E-state index is 0.00934. The highest BCUT2D eigenvalue weighted by atomic mass is 16.5. The van der Waals surface area contributed by atoms with E-state index in [1.54, 1.807) is 19.5 Å². The molecule has 0 unspecified atom stereocenters. The molecule has 7 nitrogen and oxygen atoms in total. The van der Waals surface area contributed by atoms with Crippen LogP contribution in [0.1, 0.15) is 47.2 Å². The first-order chi connectivity index (χ1) is 15.7. The van der Waals surface area contributed by atoms with E-state index in [-0.39, 0.29) is 11.9 Å². The fourth-order valence-electron chi connectivity index (χ4n) is 4.06. The van der Waals surface area contributed by atoms with Crippen LogP contribution < -0.4 is 4.74 Å². The maximum absolute atomic E-state index is 13.5. The van der Waals surface area contributed by atoms with E-state index < -0.39 is 0 Å². The smallest absolute Gasteiger partial charge is 0.254 e. The Hall–Kier alpha value is -3.32. The van der Waals surface area contributed by atoms with Gasteiger partial charge in [0, 0.05) is 43.4 Å². The fourth-order valence-corrected chi connectivity index (χ4v) is 4.06. The number of pyridine rings is 1. The molecule has 1 amide bonds. The first-order valence-electron chi connectivity index (χ1n) is 10.9. The van der Waals surface area contributed by atoms with Crippen LogP contribution in [-0.2, 0) is 4.74 Å². The van der Waals surface area contributed by atoms with Crippen LogP contribution in [0.15, 0.2) is 55.0 Å². The third kappa shape index (κ3) is 4.94. The van der Waals surface area contributed by atoms with Gasteiger partial charge >= 0.3 is 0 Å². The van der Waals surface area contributed by atoms with Crippen molar-refractivity contribution >= 4 is 5.91 Å². The highest BCUT2D eigenvalue weighted by Crippen LogP contribution is 2.36. The Kier molecular flexibility index (Phi) is 7.07. The average Bonchev–Trinajstić information content (AvgIpc) is 2.85. The van der Waals surface area contributed by atoms with Crippen molar-refractivity contribution in [2.45, 2.75) is 32.2 Å². The molecule has 1 atom stereocenters. The van der Waals surface area contributed by atoms with Gasteiger partial charge in [-0.25, -0.2) is 9.97 Å². The number of carbonyl (C=O) groups excluding carboxylic acids is 1. The molecule has 32 heavy (non-hydrogen) atoms. The van der Waals surface area contributed by atoms with Crippen molar-refractivity contribution in [1.29, 1.82) is 0 Å². The van der Waals surface area contributed by atoms with Gasteiger partial charge in [0.2, 0.25) is 0 Å². The Labute approximate surface area is 188 Å². The summed E-state index contributed by atoms with van der Waals surface area (Å²) >= 11 is 0. The molecule has 2 aromatic heterocycles. The number of amides is 1. The number of aromatic nitrogens is 3. The Bertz CT molecular complexity index is 1040. The average molecular weight is 433 g/mol. The normalized spacial score (nSPS) is 16.1. The third-order valence-corrected chi connectivity index (χ3v) is 5.67. The highest BCUT2D eigenvalue weighted by Gasteiger charge is 2.31. The molecule has 3 heterocycles. The molecule has 7 heteroatoms. The molecule has 0 radical (unpaired) electrons. The summed E-state index contributed by atoms with van der Waals surface area (Å²) in [6, 6.07) is 11.1. The van der Waals surface area contributed by atoms with Gasteiger partial charge in [0.15, 0.2) is 0 Å². The van der Waals surface area contributed by atoms with Crippen molar-refractivity contribution in [2.75, 3.05) is 26.9 Å². The zero-order valence-corrected chi connectivity index (χ0v) is 18.5. The lowest BCUT2D eigenvalue weighted by atomic mass is 9.93. The number of hydrogen-bond acceptors (Lipinski definition) is 6. The van der Waals surface area contributed by atoms with Gasteiger partial charge in [-0.15, -0.1) is 0 Å². The third-order valence-electron chi connectivity index (χ3n) is 5.67. The lowest BCUT2D eigenvalue weighted by molar-refractivity contribution is 0.0606. The topological polar surface area (TPSA) is 77.4 Å². The largest absolute Gasteiger partial charge is 0.491 e. The van der Waals surface area contributed by atoms with Crippen molar-refractivity contribution in [3.63, 3.8) is 0 Å². The zero-order valence-electron chi connectivity index (χ0n) is 18.5. The SMILES string of the molecule is COCCOc1ccc(C(=O)N2CCCC[C@@H]2c2nc(C)ncc2-c2ccncc2)cc1. The first kappa shape index (κ1) is 21.9. The second-order valence-electron chi connectivity index (χ2n) is 7.83. The van der Waals surface area contributed by atoms with Gasteiger partial charge in [0.25, 0.3) is 5.91 Å². The molecule has 1 saturated heterocycles. The molecule has 0 aliphatic carbocycles. The van der Waals surface area contributed by atoms with Crippen molar-refractivity contribution in [3.8, 4) is 16.9 Å². The van der Waals surface area contributed by atoms with Gasteiger partial charge in [-0.05, 0) is 68.1 Å². The first-order valence-corrected chi connectivity index (χ1v) is 10.9. The monoisotopic (exact) mass is 432 g/mol. The van der Waals surface area contributed by atoms with Gasteiger partial charge in [0.05, 0.1) is 18.3 Å². The lowest BCUT2D eigenvalue weighted by Crippen LogP contribution is -2.39. The Morgan fingerprint density at radius 2 is 1.88 bits per heavy atom. The van der Waals surface area contributed by atoms with Crippen LogP contribution in [-0.4, -0.2) is 52.6 Å². The molecule has 0 saturated carbocycles. The molecular formula is C25H28N4O3. The number of likely N-dealkylation sites (tertiary alicyclic amines) is 1. The van der Waals surface area contributed by atoms with Gasteiger partial charge in [-0.2, -0.15) is 0 Å². The van der Waals surface area contributed by atoms with Crippen LogP contribution in [0.2, 0.25) is 0 Å². The molecule has 4 rings (SSSR count). The van der Waals surface area contributed by atoms with Crippen LogP contribution in [0.4, 0.5) is 0 Å². The molecule has 166 valence electrons. The molecular weight excluding hydrogens is 404 g/mol. The number of nitrogens with zero attached hydrogens (tertiary/aromatic N) is 4. The van der Waals surface area contributed by atoms with E-state index in [0.29, 0.717) is 31.1 Å². The molecule has 1 fully saturated rings. The predicted octanol–water partition coefficient (Wildman–Crippen LogP) is 4.24. The number of ether oxygens (including phenoxy) is 2. The van der Waals surface area contributed by atoms with E-state index in [9.17, 15) is 4.79 Å². The maximum atomic E-state index is 13.5. The van der Waals surface area contributed by atoms with Gasteiger partial charge < -0.3 is 14.4 Å². The van der Waals surface area contributed by atoms with E-state index in [4.69, 9.17) is 14.5 Å². The number of benzene rings is 1. The van der Waals surface area contributed by atoms with Gasteiger partial charge in [-0.3, -0.25) is 9.78 Å². The molecule has 1 aliphatic heterocycles. The number of carbonyl (C=O) groups is 1. The summed E-state index contributed by atoms with van der Waals surface area (Å²) in [4.78, 5) is 28.8. The quantitative estimate of drug-likeness (QED) is 0.520. The second-order valence-corrected chi connectivity index (χ2v) is 7.83. The van der Waals surface area contributed by atoms with E-state index in [1.807, 2.05) is 54.4 Å². The van der Waals surface area contributed by atoms with Gasteiger partial charge in [-0.1, -0.05) is 0 Å². The summed E-state index contributed by atoms with van der Waals surface area (Å²) in [5.74, 6) is 1.43. The van der Waals surface area contributed by atoms with E-state index in [0.717, 1.165) is 41.8 Å². The Balaban J connectivity index is 1.61. The van der Waals surface area contributed by atoms with Crippen LogP contribution in [0.5, 0.6) is 5.75 Å². The van der Waals surface area contributed by atoms with Crippen LogP contribution in [0.3, 0.4) is 0 Å². The number of aryl methyl sites for hydroxylation is 1. The summed E-state index contributed by atoms with van der Waals surface area (Å²) in [6.45, 7) is 3.59. The lowest BCUT2D eigenvalue weighted by Gasteiger charge is -2.36. The number of rotatable bonds is 7. The maximum Gasteiger partial charge on any atom is 0.254 e. The van der Waals surface area contributed by atoms with Gasteiger partial charge in [0.1, 0.15) is 18.2 Å². The standard InChI is InChI=1S/C25H28N4O3/c1-18-27-17-22(19-10-12-26-13-11-19)24(28-18)23-5-3-4-14-29(23)25(30)20-6-8-21(9-7-20)32-16-15-31-2/h6-13,17,23H,3-5,14-16H2,1-2H3/t23-/m1/s1. The van der Waals surface area contributed by atoms with Crippen LogP contribution in [0.25, 0.3) is 11.1 Å². The number of hydrogen-bond donors (Lipinski definition) is 0. The Morgan fingerprint density at radius 3 is 2.62 bits per heavy atom. The molecule has 3 aromatic rings. The minimum Gasteiger partial charge on any atom is -0.491 e. The fraction of sp³-hybridized carbons (Fsp3) is 0.360. The van der Waals surface area contributed by atoms with Crippen molar-refractivity contribution < 1.29 is 14.3 Å². The van der Waals surface area contributed by atoms with E-state index >= 15 is 0 Å². The summed E-state index contributed by atoms with van der Waals surface area (Å²) in [5, 5.41) is 0. The molecule has 0 bridgehead atoms. The van der Waals surface area contributed by atoms with Crippen LogP contribution in [0, 0.1) is 6.92 Å². The highest BCUT2D eigenvalue weighted by molar-refractivity contribution is 5.94. The summed E-state index contributed by atoms with van der Waals surface area (Å²) < 4.78 is 10.6. The van der Waals surface area contributed by atoms with Crippen molar-refractivity contribution in [3.05, 3.63) is 72.1 Å². The number of piperidine rings is 1. The minimum atomic E-state index is -0.0984. The predicted molar refractivity (Wildman–Crippen MR) is 121 cm³/mol. The summed E-state index contributed by atoms with van der Waals surface area (Å²) in [6.07, 6.45) is 8.29. The molecule has 1 aliphatic rings. The molecule has 0 N–H and O–H groups in total. The molecule has 1 aromatic carbocycles. The second kappa shape index (κ2) is 10.3. The van der Waals surface area contributed by atoms with E-state index in [1.165, 1.54) is 0 Å². The van der Waals surface area contributed by atoms with Crippen molar-refractivity contribution in [2.24, 2.45) is 0 Å². The van der Waals surface area contributed by atoms with E-state index in [2.05, 4.69) is 9.97 Å². The molecule has 0 spiro atoms. The van der Waals surface area contributed by atoms with Crippen molar-refractivity contribution in [1.82, 2.24) is 19.9 Å². The zero-order chi connectivity index (χ0) is 22.3. The summed E-state index contributed by atoms with van der Waals surface area (Å²) in [7, 11) is 1.64.